The first-order chi connectivity index (χ1) is 16.3. The molecule has 0 amide bonds. The summed E-state index contributed by atoms with van der Waals surface area (Å²) in [5.41, 5.74) is 3.22. The predicted molar refractivity (Wildman–Crippen MR) is 130 cm³/mol. The van der Waals surface area contributed by atoms with Crippen LogP contribution in [0.25, 0.3) is 11.3 Å². The standard InChI is InChI=1S/C26H30N6O/c1-4-18(24-16-30-26(32-24)22-7-3-13-28-22)14-20(5-1)33-19-10-8-17(9-11-19)23-15-29-25(31-23)21-6-2-12-27-21/h1,4-5,8-11,14-15,21-22,24,27-28H,2-3,6-7,12-13,16H2,(H,29,31)(H,30,32)/t21-,22-,24?/m0/s1. The first-order valence-electron chi connectivity index (χ1n) is 12.0. The van der Waals surface area contributed by atoms with Crippen LogP contribution in [0.4, 0.5) is 0 Å². The molecule has 2 saturated heterocycles. The number of aliphatic imine (C=N–C) groups is 1. The lowest BCUT2D eigenvalue weighted by Gasteiger charge is -2.10. The highest BCUT2D eigenvalue weighted by Crippen LogP contribution is 2.30. The summed E-state index contributed by atoms with van der Waals surface area (Å²) in [6, 6.07) is 17.3. The van der Waals surface area contributed by atoms with Gasteiger partial charge in [-0.2, -0.15) is 0 Å². The maximum Gasteiger partial charge on any atom is 0.127 e. The molecule has 7 heteroatoms. The molecule has 3 aromatic rings. The van der Waals surface area contributed by atoms with E-state index >= 15 is 0 Å². The van der Waals surface area contributed by atoms with Gasteiger partial charge in [-0.15, -0.1) is 0 Å². The number of aromatic nitrogens is 2. The van der Waals surface area contributed by atoms with E-state index in [9.17, 15) is 0 Å². The molecule has 3 aliphatic heterocycles. The van der Waals surface area contributed by atoms with Crippen LogP contribution in [0, 0.1) is 0 Å². The number of H-pyrrole nitrogens is 1. The molecule has 3 atom stereocenters. The minimum atomic E-state index is 0.136. The average Bonchev–Trinajstić information content (AvgIpc) is 3.65. The average molecular weight is 443 g/mol. The van der Waals surface area contributed by atoms with Gasteiger partial charge in [0.05, 0.1) is 23.8 Å². The zero-order valence-electron chi connectivity index (χ0n) is 18.7. The summed E-state index contributed by atoms with van der Waals surface area (Å²) in [6.45, 7) is 2.99. The van der Waals surface area contributed by atoms with Crippen molar-refractivity contribution in [3.05, 3.63) is 66.1 Å². The second-order valence-electron chi connectivity index (χ2n) is 9.08. The van der Waals surface area contributed by atoms with Crippen molar-refractivity contribution in [3.63, 3.8) is 0 Å². The van der Waals surface area contributed by atoms with E-state index in [2.05, 4.69) is 45.2 Å². The van der Waals surface area contributed by atoms with Gasteiger partial charge in [0.1, 0.15) is 23.2 Å². The lowest BCUT2D eigenvalue weighted by molar-refractivity contribution is 0.481. The number of hydrogen-bond donors (Lipinski definition) is 4. The third kappa shape index (κ3) is 4.38. The van der Waals surface area contributed by atoms with E-state index in [4.69, 9.17) is 14.7 Å². The Morgan fingerprint density at radius 1 is 0.879 bits per heavy atom. The van der Waals surface area contributed by atoms with Gasteiger partial charge in [0, 0.05) is 18.3 Å². The Kier molecular flexibility index (Phi) is 5.58. The number of ether oxygens (including phenoxy) is 1. The smallest absolute Gasteiger partial charge is 0.127 e. The van der Waals surface area contributed by atoms with Crippen molar-refractivity contribution in [2.75, 3.05) is 19.6 Å². The quantitative estimate of drug-likeness (QED) is 0.462. The zero-order chi connectivity index (χ0) is 22.0. The molecule has 4 N–H and O–H groups in total. The van der Waals surface area contributed by atoms with Crippen LogP contribution in [0.3, 0.4) is 0 Å². The maximum atomic E-state index is 6.16. The molecule has 3 aliphatic rings. The summed E-state index contributed by atoms with van der Waals surface area (Å²) in [5.74, 6) is 3.77. The van der Waals surface area contributed by atoms with Crippen molar-refractivity contribution in [3.8, 4) is 22.8 Å². The molecule has 2 aromatic carbocycles. The highest BCUT2D eigenvalue weighted by molar-refractivity contribution is 5.89. The molecule has 7 nitrogen and oxygen atoms in total. The van der Waals surface area contributed by atoms with Crippen LogP contribution < -0.4 is 20.7 Å². The summed E-state index contributed by atoms with van der Waals surface area (Å²) < 4.78 is 6.16. The van der Waals surface area contributed by atoms with Gasteiger partial charge in [-0.05, 0) is 80.7 Å². The molecular weight excluding hydrogens is 412 g/mol. The number of amidine groups is 1. The maximum absolute atomic E-state index is 6.16. The second-order valence-corrected chi connectivity index (χ2v) is 9.08. The van der Waals surface area contributed by atoms with Crippen LogP contribution in [-0.2, 0) is 0 Å². The summed E-state index contributed by atoms with van der Waals surface area (Å²) >= 11 is 0. The van der Waals surface area contributed by atoms with E-state index in [1.54, 1.807) is 0 Å². The van der Waals surface area contributed by atoms with Gasteiger partial charge < -0.3 is 25.7 Å². The van der Waals surface area contributed by atoms with Crippen LogP contribution in [0.2, 0.25) is 0 Å². The topological polar surface area (TPSA) is 86.4 Å². The predicted octanol–water partition coefficient (Wildman–Crippen LogP) is 4.09. The largest absolute Gasteiger partial charge is 0.457 e. The molecule has 0 bridgehead atoms. The molecule has 0 spiro atoms. The van der Waals surface area contributed by atoms with Crippen molar-refractivity contribution in [1.29, 1.82) is 0 Å². The number of nitrogens with one attached hydrogen (secondary N) is 4. The van der Waals surface area contributed by atoms with Crippen molar-refractivity contribution in [1.82, 2.24) is 25.9 Å². The van der Waals surface area contributed by atoms with Gasteiger partial charge in [-0.25, -0.2) is 4.98 Å². The fraction of sp³-hybridized carbons (Fsp3) is 0.385. The van der Waals surface area contributed by atoms with E-state index in [1.807, 2.05) is 30.5 Å². The number of nitrogens with zero attached hydrogens (tertiary/aromatic N) is 2. The summed E-state index contributed by atoms with van der Waals surface area (Å²) in [5, 5.41) is 10.5. The molecule has 170 valence electrons. The lowest BCUT2D eigenvalue weighted by atomic mass is 10.1. The number of benzene rings is 2. The molecular formula is C26H30N6O. The van der Waals surface area contributed by atoms with E-state index in [1.165, 1.54) is 18.4 Å². The van der Waals surface area contributed by atoms with Crippen molar-refractivity contribution in [2.45, 2.75) is 43.8 Å². The van der Waals surface area contributed by atoms with Gasteiger partial charge in [-0.1, -0.05) is 12.1 Å². The minimum absolute atomic E-state index is 0.136. The fourth-order valence-electron chi connectivity index (χ4n) is 4.98. The Hall–Kier alpha value is -3.16. The number of hydrogen-bond acceptors (Lipinski definition) is 6. The Morgan fingerprint density at radius 3 is 2.48 bits per heavy atom. The Balaban J connectivity index is 1.13. The first-order valence-corrected chi connectivity index (χ1v) is 12.0. The van der Waals surface area contributed by atoms with Crippen molar-refractivity contribution >= 4 is 5.84 Å². The minimum Gasteiger partial charge on any atom is -0.457 e. The van der Waals surface area contributed by atoms with Crippen LogP contribution in [0.1, 0.15) is 49.2 Å². The van der Waals surface area contributed by atoms with Crippen LogP contribution >= 0.6 is 0 Å². The molecule has 1 aromatic heterocycles. The third-order valence-corrected chi connectivity index (χ3v) is 6.78. The van der Waals surface area contributed by atoms with E-state index in [0.29, 0.717) is 12.1 Å². The molecule has 0 aliphatic carbocycles. The SMILES string of the molecule is c1cc(Oc2ccc(-c3c[nH]c([C@@H]4CCCN4)n3)cc2)cc(C2CNC([C@@H]3CCCN3)=N2)c1. The normalized spacial score (nSPS) is 24.6. The van der Waals surface area contributed by atoms with Crippen LogP contribution in [0.15, 0.2) is 59.7 Å². The molecule has 33 heavy (non-hydrogen) atoms. The number of imidazole rings is 1. The Bertz CT molecular complexity index is 1130. The Morgan fingerprint density at radius 2 is 1.70 bits per heavy atom. The van der Waals surface area contributed by atoms with Crippen molar-refractivity contribution < 1.29 is 4.74 Å². The molecule has 6 rings (SSSR count). The van der Waals surface area contributed by atoms with Crippen LogP contribution in [-0.4, -0.2) is 41.5 Å². The summed E-state index contributed by atoms with van der Waals surface area (Å²) in [4.78, 5) is 13.1. The fourth-order valence-corrected chi connectivity index (χ4v) is 4.98. The molecule has 0 saturated carbocycles. The highest BCUT2D eigenvalue weighted by Gasteiger charge is 2.26. The second kappa shape index (κ2) is 9.00. The first kappa shape index (κ1) is 20.4. The highest BCUT2D eigenvalue weighted by atomic mass is 16.5. The Labute approximate surface area is 194 Å². The van der Waals surface area contributed by atoms with Gasteiger partial charge in [0.25, 0.3) is 0 Å². The van der Waals surface area contributed by atoms with Gasteiger partial charge in [0.2, 0.25) is 0 Å². The molecule has 2 fully saturated rings. The third-order valence-electron chi connectivity index (χ3n) is 6.78. The van der Waals surface area contributed by atoms with Crippen molar-refractivity contribution in [2.24, 2.45) is 4.99 Å². The van der Waals surface area contributed by atoms with E-state index in [-0.39, 0.29) is 6.04 Å². The molecule has 4 heterocycles. The molecule has 1 unspecified atom stereocenters. The van der Waals surface area contributed by atoms with E-state index in [0.717, 1.165) is 66.9 Å². The van der Waals surface area contributed by atoms with Gasteiger partial charge in [-0.3, -0.25) is 4.99 Å². The van der Waals surface area contributed by atoms with E-state index < -0.39 is 0 Å². The van der Waals surface area contributed by atoms with Gasteiger partial charge in [0.15, 0.2) is 0 Å². The molecule has 0 radical (unpaired) electrons. The lowest BCUT2D eigenvalue weighted by Crippen LogP contribution is -2.37. The summed E-state index contributed by atoms with van der Waals surface area (Å²) in [6.07, 6.45) is 6.71. The monoisotopic (exact) mass is 442 g/mol. The zero-order valence-corrected chi connectivity index (χ0v) is 18.7. The number of rotatable bonds is 6. The van der Waals surface area contributed by atoms with Crippen LogP contribution in [0.5, 0.6) is 11.5 Å². The summed E-state index contributed by atoms with van der Waals surface area (Å²) in [7, 11) is 0. The number of aromatic amines is 1. The van der Waals surface area contributed by atoms with Gasteiger partial charge >= 0.3 is 0 Å².